The Balaban J connectivity index is 1.90. The Morgan fingerprint density at radius 1 is 0.882 bits per heavy atom. The van der Waals surface area contributed by atoms with Crippen molar-refractivity contribution in [3.8, 4) is 0 Å². The average molecular weight is 481 g/mol. The number of anilines is 2. The maximum Gasteiger partial charge on any atom is 0.338 e. The van der Waals surface area contributed by atoms with Crippen molar-refractivity contribution in [2.45, 2.75) is 39.5 Å². The second-order valence-corrected chi connectivity index (χ2v) is 9.71. The first kappa shape index (κ1) is 25.0. The summed E-state index contributed by atoms with van der Waals surface area (Å²) in [7, 11) is -3.94. The van der Waals surface area contributed by atoms with Gasteiger partial charge in [0.05, 0.1) is 22.8 Å². The normalized spacial score (nSPS) is 11.1. The minimum absolute atomic E-state index is 0.0121. The molecule has 0 aliphatic rings. The number of ether oxygens (including phenoxy) is 1. The molecule has 2 N–H and O–H groups in total. The molecule has 0 saturated carbocycles. The van der Waals surface area contributed by atoms with Gasteiger partial charge in [0.2, 0.25) is 0 Å². The van der Waals surface area contributed by atoms with Gasteiger partial charge in [-0.05, 0) is 87.2 Å². The zero-order valence-corrected chi connectivity index (χ0v) is 20.7. The summed E-state index contributed by atoms with van der Waals surface area (Å²) in [6.07, 6.45) is 0. The van der Waals surface area contributed by atoms with E-state index < -0.39 is 21.9 Å². The highest BCUT2D eigenvalue weighted by molar-refractivity contribution is 7.92. The number of amides is 1. The number of carbonyl (C=O) groups excluding carboxylic acids is 2. The smallest absolute Gasteiger partial charge is 0.338 e. The molecule has 34 heavy (non-hydrogen) atoms. The number of hydrogen-bond donors (Lipinski definition) is 2. The van der Waals surface area contributed by atoms with Crippen molar-refractivity contribution >= 4 is 33.3 Å². The Labute approximate surface area is 200 Å². The van der Waals surface area contributed by atoms with Crippen molar-refractivity contribution in [2.75, 3.05) is 16.6 Å². The lowest BCUT2D eigenvalue weighted by molar-refractivity contribution is 0.0525. The van der Waals surface area contributed by atoms with E-state index in [1.807, 2.05) is 26.0 Å². The highest BCUT2D eigenvalue weighted by atomic mass is 32.2. The Bertz CT molecular complexity index is 1360. The maximum atomic E-state index is 13.2. The fraction of sp³-hybridized carbons (Fsp3) is 0.231. The predicted molar refractivity (Wildman–Crippen MR) is 133 cm³/mol. The molecule has 0 spiro atoms. The quantitative estimate of drug-likeness (QED) is 0.456. The van der Waals surface area contributed by atoms with Gasteiger partial charge in [-0.2, -0.15) is 0 Å². The van der Waals surface area contributed by atoms with E-state index in [0.29, 0.717) is 28.1 Å². The number of sulfonamides is 1. The number of nitrogens with one attached hydrogen (secondary N) is 2. The molecule has 0 saturated heterocycles. The SMILES string of the molecule is CCOC(=O)c1cccc(NC(=O)c2ccc(C)c(S(=O)(=O)Nc3cc(C)ccc3C)c2)c1C. The van der Waals surface area contributed by atoms with Gasteiger partial charge in [0, 0.05) is 11.3 Å². The van der Waals surface area contributed by atoms with E-state index >= 15 is 0 Å². The third kappa shape index (κ3) is 5.46. The molecule has 7 nitrogen and oxygen atoms in total. The molecular weight excluding hydrogens is 452 g/mol. The molecule has 3 aromatic rings. The summed E-state index contributed by atoms with van der Waals surface area (Å²) in [6.45, 7) is 9.04. The van der Waals surface area contributed by atoms with Crippen LogP contribution < -0.4 is 10.0 Å². The van der Waals surface area contributed by atoms with Gasteiger partial charge in [-0.15, -0.1) is 0 Å². The largest absolute Gasteiger partial charge is 0.462 e. The third-order valence-electron chi connectivity index (χ3n) is 5.45. The molecule has 0 aliphatic heterocycles. The van der Waals surface area contributed by atoms with E-state index in [0.717, 1.165) is 11.1 Å². The molecule has 178 valence electrons. The zero-order valence-electron chi connectivity index (χ0n) is 19.9. The molecule has 3 aromatic carbocycles. The zero-order chi connectivity index (χ0) is 25.0. The van der Waals surface area contributed by atoms with Gasteiger partial charge in [0.1, 0.15) is 0 Å². The molecule has 0 radical (unpaired) electrons. The molecule has 0 bridgehead atoms. The van der Waals surface area contributed by atoms with E-state index in [1.54, 1.807) is 57.2 Å². The number of esters is 1. The Morgan fingerprint density at radius 2 is 1.59 bits per heavy atom. The van der Waals surface area contributed by atoms with Crippen LogP contribution in [0.5, 0.6) is 0 Å². The van der Waals surface area contributed by atoms with E-state index in [4.69, 9.17) is 4.74 Å². The molecule has 0 aromatic heterocycles. The summed E-state index contributed by atoms with van der Waals surface area (Å²) in [4.78, 5) is 25.1. The van der Waals surface area contributed by atoms with Crippen LogP contribution in [0.3, 0.4) is 0 Å². The van der Waals surface area contributed by atoms with Gasteiger partial charge in [0.25, 0.3) is 15.9 Å². The second kappa shape index (κ2) is 10.1. The second-order valence-electron chi connectivity index (χ2n) is 8.06. The standard InChI is InChI=1S/C26H28N2O5S/c1-6-33-26(30)21-8-7-9-22(19(21)5)27-25(29)20-13-12-18(4)24(15-20)34(31,32)28-23-14-16(2)10-11-17(23)3/h7-15,28H,6H2,1-5H3,(H,27,29). The molecule has 0 fully saturated rings. The van der Waals surface area contributed by atoms with E-state index in [2.05, 4.69) is 10.0 Å². The van der Waals surface area contributed by atoms with Gasteiger partial charge in [0.15, 0.2) is 0 Å². The minimum Gasteiger partial charge on any atom is -0.462 e. The Morgan fingerprint density at radius 3 is 2.29 bits per heavy atom. The molecule has 0 unspecified atom stereocenters. The van der Waals surface area contributed by atoms with Crippen molar-refractivity contribution < 1.29 is 22.7 Å². The molecule has 0 aliphatic carbocycles. The first-order valence-electron chi connectivity index (χ1n) is 10.8. The fourth-order valence-corrected chi connectivity index (χ4v) is 4.87. The maximum absolute atomic E-state index is 13.2. The molecule has 3 rings (SSSR count). The van der Waals surface area contributed by atoms with Gasteiger partial charge in [-0.25, -0.2) is 13.2 Å². The van der Waals surface area contributed by atoms with Crippen LogP contribution in [-0.2, 0) is 14.8 Å². The lowest BCUT2D eigenvalue weighted by Gasteiger charge is -2.15. The first-order chi connectivity index (χ1) is 16.0. The van der Waals surface area contributed by atoms with Crippen LogP contribution in [0.1, 0.15) is 49.9 Å². The molecule has 0 atom stereocenters. The topological polar surface area (TPSA) is 102 Å². The number of rotatable bonds is 7. The van der Waals surface area contributed by atoms with Crippen LogP contribution in [-0.4, -0.2) is 26.9 Å². The van der Waals surface area contributed by atoms with Gasteiger partial charge in [-0.3, -0.25) is 9.52 Å². The van der Waals surface area contributed by atoms with Crippen LogP contribution in [0.15, 0.2) is 59.5 Å². The van der Waals surface area contributed by atoms with Crippen LogP contribution in [0.4, 0.5) is 11.4 Å². The highest BCUT2D eigenvalue weighted by Crippen LogP contribution is 2.25. The van der Waals surface area contributed by atoms with Crippen molar-refractivity contribution in [2.24, 2.45) is 0 Å². The van der Waals surface area contributed by atoms with Crippen molar-refractivity contribution in [1.82, 2.24) is 0 Å². The third-order valence-corrected chi connectivity index (χ3v) is 6.96. The van der Waals surface area contributed by atoms with Crippen LogP contribution in [0.25, 0.3) is 0 Å². The van der Waals surface area contributed by atoms with E-state index in [9.17, 15) is 18.0 Å². The van der Waals surface area contributed by atoms with Crippen LogP contribution >= 0.6 is 0 Å². The summed E-state index contributed by atoms with van der Waals surface area (Å²) >= 11 is 0. The monoisotopic (exact) mass is 480 g/mol. The summed E-state index contributed by atoms with van der Waals surface area (Å²) in [6, 6.07) is 15.0. The van der Waals surface area contributed by atoms with Crippen LogP contribution in [0, 0.1) is 27.7 Å². The molecule has 0 heterocycles. The summed E-state index contributed by atoms with van der Waals surface area (Å²) in [5.74, 6) is -0.968. The minimum atomic E-state index is -3.94. The lowest BCUT2D eigenvalue weighted by Crippen LogP contribution is -2.18. The number of benzene rings is 3. The average Bonchev–Trinajstić information content (AvgIpc) is 2.77. The molecular formula is C26H28N2O5S. The van der Waals surface area contributed by atoms with Gasteiger partial charge in [-0.1, -0.05) is 24.3 Å². The summed E-state index contributed by atoms with van der Waals surface area (Å²) < 4.78 is 34.0. The number of carbonyl (C=O) groups is 2. The molecule has 8 heteroatoms. The first-order valence-corrected chi connectivity index (χ1v) is 12.3. The van der Waals surface area contributed by atoms with E-state index in [1.165, 1.54) is 6.07 Å². The lowest BCUT2D eigenvalue weighted by atomic mass is 10.1. The van der Waals surface area contributed by atoms with Crippen molar-refractivity contribution in [1.29, 1.82) is 0 Å². The number of hydrogen-bond acceptors (Lipinski definition) is 5. The predicted octanol–water partition coefficient (Wildman–Crippen LogP) is 5.15. The Hall–Kier alpha value is -3.65. The van der Waals surface area contributed by atoms with Crippen molar-refractivity contribution in [3.63, 3.8) is 0 Å². The summed E-state index contributed by atoms with van der Waals surface area (Å²) in [5, 5.41) is 2.77. The Kier molecular flexibility index (Phi) is 7.41. The summed E-state index contributed by atoms with van der Waals surface area (Å²) in [5.41, 5.74) is 4.24. The molecule has 1 amide bonds. The highest BCUT2D eigenvalue weighted by Gasteiger charge is 2.21. The number of aryl methyl sites for hydroxylation is 3. The van der Waals surface area contributed by atoms with Crippen LogP contribution in [0.2, 0.25) is 0 Å². The van der Waals surface area contributed by atoms with Gasteiger partial charge >= 0.3 is 5.97 Å². The fourth-order valence-electron chi connectivity index (χ4n) is 3.47. The van der Waals surface area contributed by atoms with Gasteiger partial charge < -0.3 is 10.1 Å². The van der Waals surface area contributed by atoms with Crippen molar-refractivity contribution in [3.05, 3.63) is 88.0 Å². The van der Waals surface area contributed by atoms with E-state index in [-0.39, 0.29) is 17.1 Å².